The van der Waals surface area contributed by atoms with Crippen LogP contribution in [0.25, 0.3) is 0 Å². The zero-order chi connectivity index (χ0) is 16.0. The Bertz CT molecular complexity index is 572. The summed E-state index contributed by atoms with van der Waals surface area (Å²) < 4.78 is 10.4. The molecule has 0 radical (unpaired) electrons. The third kappa shape index (κ3) is 4.06. The van der Waals surface area contributed by atoms with Gasteiger partial charge in [-0.2, -0.15) is 5.10 Å². The Labute approximate surface area is 120 Å². The van der Waals surface area contributed by atoms with Crippen molar-refractivity contribution in [3.05, 3.63) is 27.8 Å². The highest BCUT2D eigenvalue weighted by Crippen LogP contribution is 2.38. The number of aliphatic carboxylic acids is 1. The van der Waals surface area contributed by atoms with Crippen molar-refractivity contribution < 1.29 is 24.3 Å². The molecule has 0 spiro atoms. The van der Waals surface area contributed by atoms with Crippen molar-refractivity contribution in [2.75, 3.05) is 6.61 Å². The second-order valence-electron chi connectivity index (χ2n) is 3.93. The van der Waals surface area contributed by atoms with Crippen LogP contribution in [0, 0.1) is 10.1 Å². The molecular weight excluding hydrogens is 282 g/mol. The van der Waals surface area contributed by atoms with Gasteiger partial charge in [0.05, 0.1) is 17.7 Å². The minimum atomic E-state index is -1.27. The van der Waals surface area contributed by atoms with Crippen LogP contribution >= 0.6 is 0 Å². The molecule has 114 valence electrons. The molecule has 1 unspecified atom stereocenters. The lowest BCUT2D eigenvalue weighted by Gasteiger charge is -2.15. The van der Waals surface area contributed by atoms with E-state index < -0.39 is 22.7 Å². The number of benzene rings is 1. The number of carbonyl (C=O) groups is 1. The maximum atomic E-state index is 11.1. The van der Waals surface area contributed by atoms with Gasteiger partial charge in [-0.1, -0.05) is 0 Å². The first-order valence-corrected chi connectivity index (χ1v) is 5.98. The fourth-order valence-corrected chi connectivity index (χ4v) is 1.51. The van der Waals surface area contributed by atoms with Crippen LogP contribution < -0.4 is 15.3 Å². The molecule has 21 heavy (non-hydrogen) atoms. The molecule has 0 aliphatic carbocycles. The quantitative estimate of drug-likeness (QED) is 0.333. The number of carboxylic acids is 1. The van der Waals surface area contributed by atoms with Crippen molar-refractivity contribution in [3.63, 3.8) is 0 Å². The number of hydrogen-bond acceptors (Lipinski definition) is 7. The summed E-state index contributed by atoms with van der Waals surface area (Å²) in [6.07, 6.45) is -0.0585. The van der Waals surface area contributed by atoms with Gasteiger partial charge in [0.1, 0.15) is 0 Å². The number of nitrogens with two attached hydrogens (primary N) is 1. The largest absolute Gasteiger partial charge is 0.490 e. The third-order valence-corrected chi connectivity index (χ3v) is 2.42. The third-order valence-electron chi connectivity index (χ3n) is 2.42. The molecule has 0 heterocycles. The highest BCUT2D eigenvalue weighted by atomic mass is 16.6. The normalized spacial score (nSPS) is 12.1. The van der Waals surface area contributed by atoms with Crippen LogP contribution in [0.5, 0.6) is 11.5 Å². The topological polar surface area (TPSA) is 137 Å². The molecule has 0 aromatic heterocycles. The number of hydrazone groups is 1. The van der Waals surface area contributed by atoms with Gasteiger partial charge in [-0.05, 0) is 19.9 Å². The predicted octanol–water partition coefficient (Wildman–Crippen LogP) is 1.14. The summed E-state index contributed by atoms with van der Waals surface area (Å²) in [4.78, 5) is 21.3. The average molecular weight is 297 g/mol. The van der Waals surface area contributed by atoms with Crippen LogP contribution in [0.4, 0.5) is 5.69 Å². The van der Waals surface area contributed by atoms with Gasteiger partial charge in [-0.15, -0.1) is 0 Å². The standard InChI is InChI=1S/C12H15N3O6/c1-3-20-10-5-8(6-14-13)4-9(15(18)19)11(10)21-7(2)12(16)17/h4-7H,3,13H2,1-2H3,(H,16,17). The van der Waals surface area contributed by atoms with Gasteiger partial charge in [0.25, 0.3) is 0 Å². The molecule has 1 aromatic carbocycles. The zero-order valence-corrected chi connectivity index (χ0v) is 11.5. The van der Waals surface area contributed by atoms with Crippen molar-refractivity contribution in [1.29, 1.82) is 0 Å². The molecular formula is C12H15N3O6. The van der Waals surface area contributed by atoms with Crippen molar-refractivity contribution >= 4 is 17.9 Å². The number of ether oxygens (including phenoxy) is 2. The number of carboxylic acid groups (broad SMARTS) is 1. The molecule has 9 nitrogen and oxygen atoms in total. The Balaban J connectivity index is 3.41. The Morgan fingerprint density at radius 1 is 1.62 bits per heavy atom. The number of nitrogens with zero attached hydrogens (tertiary/aromatic N) is 2. The second-order valence-corrected chi connectivity index (χ2v) is 3.93. The Kier molecular flexibility index (Phi) is 5.47. The molecule has 0 saturated carbocycles. The van der Waals surface area contributed by atoms with Crippen LogP contribution in [0.15, 0.2) is 17.2 Å². The van der Waals surface area contributed by atoms with Crippen LogP contribution in [0.2, 0.25) is 0 Å². The van der Waals surface area contributed by atoms with E-state index in [1.54, 1.807) is 6.92 Å². The first-order valence-electron chi connectivity index (χ1n) is 5.98. The summed E-state index contributed by atoms with van der Waals surface area (Å²) in [7, 11) is 0. The number of nitro benzene ring substituents is 1. The number of nitro groups is 1. The van der Waals surface area contributed by atoms with Gasteiger partial charge < -0.3 is 20.4 Å². The summed E-state index contributed by atoms with van der Waals surface area (Å²) in [6, 6.07) is 2.60. The molecule has 1 rings (SSSR count). The van der Waals surface area contributed by atoms with Gasteiger partial charge in [-0.25, -0.2) is 4.79 Å². The monoisotopic (exact) mass is 297 g/mol. The van der Waals surface area contributed by atoms with Crippen molar-refractivity contribution in [3.8, 4) is 11.5 Å². The summed E-state index contributed by atoms with van der Waals surface area (Å²) in [5.74, 6) is 3.57. The van der Waals surface area contributed by atoms with Crippen LogP contribution in [-0.4, -0.2) is 34.9 Å². The van der Waals surface area contributed by atoms with E-state index in [1.807, 2.05) is 0 Å². The molecule has 0 fully saturated rings. The summed E-state index contributed by atoms with van der Waals surface area (Å²) in [5.41, 5.74) is -0.0908. The first-order chi connectivity index (χ1) is 9.90. The summed E-state index contributed by atoms with van der Waals surface area (Å²) in [5, 5.41) is 23.3. The Hall–Kier alpha value is -2.84. The fourth-order valence-electron chi connectivity index (χ4n) is 1.51. The predicted molar refractivity (Wildman–Crippen MR) is 73.8 cm³/mol. The van der Waals surface area contributed by atoms with E-state index >= 15 is 0 Å². The van der Waals surface area contributed by atoms with E-state index in [-0.39, 0.29) is 18.1 Å². The minimum absolute atomic E-state index is 0.0506. The molecule has 1 atom stereocenters. The lowest BCUT2D eigenvalue weighted by molar-refractivity contribution is -0.386. The molecule has 9 heteroatoms. The van der Waals surface area contributed by atoms with Gasteiger partial charge in [-0.3, -0.25) is 10.1 Å². The van der Waals surface area contributed by atoms with Crippen molar-refractivity contribution in [2.45, 2.75) is 20.0 Å². The van der Waals surface area contributed by atoms with E-state index in [2.05, 4.69) is 5.10 Å². The smallest absolute Gasteiger partial charge is 0.344 e. The highest BCUT2D eigenvalue weighted by molar-refractivity contribution is 5.83. The molecule has 0 aliphatic rings. The van der Waals surface area contributed by atoms with E-state index in [4.69, 9.17) is 20.4 Å². The first kappa shape index (κ1) is 16.2. The molecule has 0 bridgehead atoms. The van der Waals surface area contributed by atoms with Crippen LogP contribution in [0.3, 0.4) is 0 Å². The Morgan fingerprint density at radius 3 is 2.76 bits per heavy atom. The fraction of sp³-hybridized carbons (Fsp3) is 0.333. The van der Waals surface area contributed by atoms with Crippen molar-refractivity contribution in [2.24, 2.45) is 10.9 Å². The molecule has 3 N–H and O–H groups in total. The molecule has 0 aliphatic heterocycles. The van der Waals surface area contributed by atoms with E-state index in [0.717, 1.165) is 0 Å². The number of rotatable bonds is 7. The van der Waals surface area contributed by atoms with Crippen LogP contribution in [0.1, 0.15) is 19.4 Å². The summed E-state index contributed by atoms with van der Waals surface area (Å²) in [6.45, 7) is 3.16. The lowest BCUT2D eigenvalue weighted by atomic mass is 10.1. The SMILES string of the molecule is CCOc1cc(C=NN)cc([N+](=O)[O-])c1OC(C)C(=O)O. The van der Waals surface area contributed by atoms with Gasteiger partial charge in [0, 0.05) is 11.6 Å². The Morgan fingerprint density at radius 2 is 2.29 bits per heavy atom. The molecule has 1 aromatic rings. The van der Waals surface area contributed by atoms with Gasteiger partial charge in [0.15, 0.2) is 11.9 Å². The number of hydrogen-bond donors (Lipinski definition) is 2. The van der Waals surface area contributed by atoms with E-state index in [1.165, 1.54) is 25.3 Å². The van der Waals surface area contributed by atoms with E-state index in [9.17, 15) is 14.9 Å². The van der Waals surface area contributed by atoms with Gasteiger partial charge in [0.2, 0.25) is 5.75 Å². The lowest BCUT2D eigenvalue weighted by Crippen LogP contribution is -2.23. The average Bonchev–Trinajstić information content (AvgIpc) is 2.41. The summed E-state index contributed by atoms with van der Waals surface area (Å²) >= 11 is 0. The zero-order valence-electron chi connectivity index (χ0n) is 11.5. The molecule has 0 amide bonds. The molecule has 0 saturated heterocycles. The van der Waals surface area contributed by atoms with E-state index in [0.29, 0.717) is 5.56 Å². The minimum Gasteiger partial charge on any atom is -0.490 e. The highest BCUT2D eigenvalue weighted by Gasteiger charge is 2.26. The maximum absolute atomic E-state index is 11.1. The van der Waals surface area contributed by atoms with Crippen LogP contribution in [-0.2, 0) is 4.79 Å². The second kappa shape index (κ2) is 7.08. The van der Waals surface area contributed by atoms with Crippen molar-refractivity contribution in [1.82, 2.24) is 0 Å². The van der Waals surface area contributed by atoms with Gasteiger partial charge >= 0.3 is 11.7 Å². The maximum Gasteiger partial charge on any atom is 0.344 e.